The molecule has 90 valence electrons. The Morgan fingerprint density at radius 2 is 2.00 bits per heavy atom. The summed E-state index contributed by atoms with van der Waals surface area (Å²) < 4.78 is 0. The van der Waals surface area contributed by atoms with Crippen molar-refractivity contribution in [1.82, 2.24) is 15.6 Å². The van der Waals surface area contributed by atoms with Gasteiger partial charge in [-0.05, 0) is 31.0 Å². The maximum atomic E-state index is 4.26. The van der Waals surface area contributed by atoms with Crippen molar-refractivity contribution in [1.29, 1.82) is 0 Å². The fourth-order valence-corrected chi connectivity index (χ4v) is 1.49. The zero-order chi connectivity index (χ0) is 11.8. The highest BCUT2D eigenvalue weighted by Crippen LogP contribution is 2.01. The van der Waals surface area contributed by atoms with Crippen LogP contribution in [0.1, 0.15) is 25.1 Å². The first-order valence-corrected chi connectivity index (χ1v) is 6.02. The Balaban J connectivity index is 2.10. The minimum atomic E-state index is 0.723. The molecular weight excluding hydrogens is 198 g/mol. The first-order chi connectivity index (χ1) is 7.70. The second-order valence-corrected chi connectivity index (χ2v) is 4.52. The van der Waals surface area contributed by atoms with Crippen LogP contribution in [-0.4, -0.2) is 24.6 Å². The molecular formula is C13H23N3. The van der Waals surface area contributed by atoms with Gasteiger partial charge in [-0.3, -0.25) is 4.98 Å². The molecule has 0 saturated carbocycles. The van der Waals surface area contributed by atoms with E-state index in [1.807, 2.05) is 19.2 Å². The summed E-state index contributed by atoms with van der Waals surface area (Å²) in [5, 5.41) is 6.82. The summed E-state index contributed by atoms with van der Waals surface area (Å²) in [6.07, 6.45) is 1.84. The van der Waals surface area contributed by atoms with E-state index in [4.69, 9.17) is 0 Å². The van der Waals surface area contributed by atoms with Gasteiger partial charge in [0.2, 0.25) is 0 Å². The molecule has 1 rings (SSSR count). The van der Waals surface area contributed by atoms with Gasteiger partial charge in [0.25, 0.3) is 0 Å². The molecule has 1 aromatic rings. The third-order valence-corrected chi connectivity index (χ3v) is 2.46. The number of hydrogen-bond acceptors (Lipinski definition) is 3. The number of nitrogens with one attached hydrogen (secondary N) is 2. The minimum Gasteiger partial charge on any atom is -0.315 e. The van der Waals surface area contributed by atoms with Crippen molar-refractivity contribution in [2.24, 2.45) is 5.92 Å². The van der Waals surface area contributed by atoms with Crippen molar-refractivity contribution >= 4 is 0 Å². The number of nitrogens with zero attached hydrogens (tertiary/aromatic N) is 1. The van der Waals surface area contributed by atoms with Crippen molar-refractivity contribution < 1.29 is 0 Å². The lowest BCUT2D eigenvalue weighted by atomic mass is 10.2. The molecule has 0 aromatic carbocycles. The van der Waals surface area contributed by atoms with Gasteiger partial charge in [0.15, 0.2) is 0 Å². The van der Waals surface area contributed by atoms with E-state index in [1.165, 1.54) is 5.56 Å². The Hall–Kier alpha value is -0.930. The molecule has 0 aliphatic carbocycles. The summed E-state index contributed by atoms with van der Waals surface area (Å²) >= 11 is 0. The summed E-state index contributed by atoms with van der Waals surface area (Å²) in [6, 6.07) is 4.11. The zero-order valence-electron chi connectivity index (χ0n) is 10.6. The van der Waals surface area contributed by atoms with Crippen molar-refractivity contribution in [2.75, 3.05) is 19.6 Å². The first kappa shape index (κ1) is 13.1. The fourth-order valence-electron chi connectivity index (χ4n) is 1.49. The number of rotatable bonds is 7. The van der Waals surface area contributed by atoms with E-state index in [-0.39, 0.29) is 0 Å². The lowest BCUT2D eigenvalue weighted by Gasteiger charge is -2.09. The number of pyridine rings is 1. The Bertz CT molecular complexity index is 297. The van der Waals surface area contributed by atoms with Crippen molar-refractivity contribution in [3.05, 3.63) is 29.6 Å². The van der Waals surface area contributed by atoms with Crippen LogP contribution in [0.4, 0.5) is 0 Å². The molecule has 0 saturated heterocycles. The third kappa shape index (κ3) is 5.24. The summed E-state index contributed by atoms with van der Waals surface area (Å²) in [7, 11) is 0. The maximum absolute atomic E-state index is 4.26. The predicted molar refractivity (Wildman–Crippen MR) is 68.4 cm³/mol. The van der Waals surface area contributed by atoms with Crippen LogP contribution in [0.3, 0.4) is 0 Å². The average molecular weight is 221 g/mol. The second-order valence-electron chi connectivity index (χ2n) is 4.52. The smallest absolute Gasteiger partial charge is 0.0417 e. The van der Waals surface area contributed by atoms with Crippen LogP contribution < -0.4 is 10.6 Å². The first-order valence-electron chi connectivity index (χ1n) is 6.02. The Morgan fingerprint density at radius 3 is 2.69 bits per heavy atom. The van der Waals surface area contributed by atoms with Crippen LogP contribution >= 0.6 is 0 Å². The molecule has 0 unspecified atom stereocenters. The summed E-state index contributed by atoms with van der Waals surface area (Å²) in [4.78, 5) is 4.26. The SMILES string of the molecule is Cc1ncccc1CNCCNCC(C)C. The number of hydrogen-bond donors (Lipinski definition) is 2. The van der Waals surface area contributed by atoms with E-state index in [0.29, 0.717) is 0 Å². The standard InChI is InChI=1S/C13H23N3/c1-11(2)9-14-7-8-15-10-13-5-4-6-16-12(13)3/h4-6,11,14-15H,7-10H2,1-3H3. The zero-order valence-corrected chi connectivity index (χ0v) is 10.6. The molecule has 0 spiro atoms. The van der Waals surface area contributed by atoms with Crippen molar-refractivity contribution in [3.8, 4) is 0 Å². The molecule has 3 heteroatoms. The van der Waals surface area contributed by atoms with Crippen LogP contribution in [0.15, 0.2) is 18.3 Å². The molecule has 1 heterocycles. The summed E-state index contributed by atoms with van der Waals surface area (Å²) in [6.45, 7) is 10.5. The molecule has 0 atom stereocenters. The average Bonchev–Trinajstić information content (AvgIpc) is 2.25. The molecule has 2 N–H and O–H groups in total. The Morgan fingerprint density at radius 1 is 1.25 bits per heavy atom. The number of aromatic nitrogens is 1. The van der Waals surface area contributed by atoms with Crippen LogP contribution in [0, 0.1) is 12.8 Å². The topological polar surface area (TPSA) is 37.0 Å². The van der Waals surface area contributed by atoms with E-state index in [9.17, 15) is 0 Å². The van der Waals surface area contributed by atoms with E-state index in [0.717, 1.165) is 37.8 Å². The van der Waals surface area contributed by atoms with Gasteiger partial charge in [-0.2, -0.15) is 0 Å². The predicted octanol–water partition coefficient (Wildman–Crippen LogP) is 1.73. The quantitative estimate of drug-likeness (QED) is 0.688. The fraction of sp³-hybridized carbons (Fsp3) is 0.615. The largest absolute Gasteiger partial charge is 0.315 e. The van der Waals surface area contributed by atoms with Gasteiger partial charge >= 0.3 is 0 Å². The summed E-state index contributed by atoms with van der Waals surface area (Å²) in [5.41, 5.74) is 2.40. The summed E-state index contributed by atoms with van der Waals surface area (Å²) in [5.74, 6) is 0.723. The van der Waals surface area contributed by atoms with Crippen LogP contribution in [-0.2, 0) is 6.54 Å². The minimum absolute atomic E-state index is 0.723. The number of aryl methyl sites for hydroxylation is 1. The van der Waals surface area contributed by atoms with Crippen LogP contribution in [0.5, 0.6) is 0 Å². The van der Waals surface area contributed by atoms with Crippen molar-refractivity contribution in [2.45, 2.75) is 27.3 Å². The van der Waals surface area contributed by atoms with Gasteiger partial charge in [0.1, 0.15) is 0 Å². The molecule has 16 heavy (non-hydrogen) atoms. The molecule has 0 amide bonds. The van der Waals surface area contributed by atoms with Crippen molar-refractivity contribution in [3.63, 3.8) is 0 Å². The maximum Gasteiger partial charge on any atom is 0.0417 e. The Labute approximate surface area is 98.7 Å². The second kappa shape index (κ2) is 7.36. The van der Waals surface area contributed by atoms with Crippen LogP contribution in [0.25, 0.3) is 0 Å². The molecule has 0 fully saturated rings. The molecule has 1 aromatic heterocycles. The third-order valence-electron chi connectivity index (χ3n) is 2.46. The van der Waals surface area contributed by atoms with Gasteiger partial charge in [0, 0.05) is 31.5 Å². The highest BCUT2D eigenvalue weighted by Gasteiger charge is 1.97. The molecule has 0 aliphatic heterocycles. The van der Waals surface area contributed by atoms with Crippen LogP contribution in [0.2, 0.25) is 0 Å². The molecule has 0 bridgehead atoms. The molecule has 0 radical (unpaired) electrons. The molecule has 3 nitrogen and oxygen atoms in total. The van der Waals surface area contributed by atoms with Gasteiger partial charge in [0.05, 0.1) is 0 Å². The highest BCUT2D eigenvalue weighted by molar-refractivity contribution is 5.17. The van der Waals surface area contributed by atoms with Gasteiger partial charge < -0.3 is 10.6 Å². The van der Waals surface area contributed by atoms with E-state index in [2.05, 4.69) is 35.5 Å². The van der Waals surface area contributed by atoms with Gasteiger partial charge in [-0.15, -0.1) is 0 Å². The monoisotopic (exact) mass is 221 g/mol. The van der Waals surface area contributed by atoms with Gasteiger partial charge in [-0.25, -0.2) is 0 Å². The normalized spacial score (nSPS) is 11.0. The van der Waals surface area contributed by atoms with E-state index >= 15 is 0 Å². The Kier molecular flexibility index (Phi) is 6.04. The highest BCUT2D eigenvalue weighted by atomic mass is 14.9. The lowest BCUT2D eigenvalue weighted by Crippen LogP contribution is -2.29. The van der Waals surface area contributed by atoms with E-state index in [1.54, 1.807) is 0 Å². The lowest BCUT2D eigenvalue weighted by molar-refractivity contribution is 0.535. The van der Waals surface area contributed by atoms with E-state index < -0.39 is 0 Å². The molecule has 0 aliphatic rings. The van der Waals surface area contributed by atoms with Gasteiger partial charge in [-0.1, -0.05) is 19.9 Å².